The van der Waals surface area contributed by atoms with E-state index in [0.29, 0.717) is 5.75 Å². The van der Waals surface area contributed by atoms with Crippen molar-refractivity contribution in [2.24, 2.45) is 0 Å². The molecule has 5 nitrogen and oxygen atoms in total. The van der Waals surface area contributed by atoms with E-state index in [0.717, 1.165) is 36.6 Å². The number of rotatable bonds is 15. The van der Waals surface area contributed by atoms with E-state index < -0.39 is 15.0 Å². The molecule has 0 saturated heterocycles. The molecule has 7 heteroatoms. The fourth-order valence-electron chi connectivity index (χ4n) is 3.67. The molecule has 172 valence electrons. The smallest absolute Gasteiger partial charge is 0.872 e. The normalized spacial score (nSPS) is 11.2. The minimum atomic E-state index is -4.48. The monoisotopic (exact) mass is 470 g/mol. The first-order chi connectivity index (χ1) is 14.9. The van der Waals surface area contributed by atoms with Gasteiger partial charge in [0.1, 0.15) is 16.4 Å². The van der Waals surface area contributed by atoms with Crippen LogP contribution in [0.5, 0.6) is 17.2 Å². The molecular formula is C25H35NaO5S. The Hall–Kier alpha value is -1.05. The van der Waals surface area contributed by atoms with Gasteiger partial charge in [-0.05, 0) is 42.7 Å². The molecule has 0 aliphatic rings. The molecule has 2 aromatic carbocycles. The molecule has 0 heterocycles. The molecule has 1 N–H and O–H groups in total. The Balaban J connectivity index is 0.00000512. The fraction of sp³-hybridized carbons (Fsp3) is 0.520. The topological polar surface area (TPSA) is 86.7 Å². The van der Waals surface area contributed by atoms with E-state index in [1.807, 2.05) is 18.2 Å². The predicted molar refractivity (Wildman–Crippen MR) is 122 cm³/mol. The van der Waals surface area contributed by atoms with Crippen LogP contribution in [0.2, 0.25) is 0 Å². The van der Waals surface area contributed by atoms with Gasteiger partial charge in [-0.25, -0.2) is 0 Å². The Labute approximate surface area is 215 Å². The molecule has 0 spiro atoms. The van der Waals surface area contributed by atoms with E-state index in [-0.39, 0.29) is 41.1 Å². The van der Waals surface area contributed by atoms with Gasteiger partial charge in [0.25, 0.3) is 10.1 Å². The van der Waals surface area contributed by atoms with Gasteiger partial charge in [-0.3, -0.25) is 4.55 Å². The predicted octanol–water partition coefficient (Wildman–Crippen LogP) is 3.66. The fourth-order valence-corrected chi connectivity index (χ4v) is 4.26. The molecule has 0 saturated carbocycles. The molecule has 0 radical (unpaired) electrons. The number of hydrogen-bond donors (Lipinski definition) is 1. The van der Waals surface area contributed by atoms with Crippen LogP contribution in [0.3, 0.4) is 0 Å². The van der Waals surface area contributed by atoms with Crippen molar-refractivity contribution in [2.45, 2.75) is 88.9 Å². The van der Waals surface area contributed by atoms with Crippen molar-refractivity contribution < 1.29 is 52.4 Å². The SMILES string of the molecule is CCCCCCCCCCCCCc1cccc(Oc2cc([O-])ccc2S(=O)(=O)O)c1.[Na+]. The molecule has 2 aromatic rings. The second-order valence-electron chi connectivity index (χ2n) is 8.12. The Kier molecular flexibility index (Phi) is 14.2. The van der Waals surface area contributed by atoms with Crippen LogP contribution in [0.25, 0.3) is 0 Å². The Morgan fingerprint density at radius 3 is 2.03 bits per heavy atom. The third-order valence-corrected chi connectivity index (χ3v) is 6.28. The average molecular weight is 471 g/mol. The van der Waals surface area contributed by atoms with Crippen LogP contribution in [0.4, 0.5) is 0 Å². The van der Waals surface area contributed by atoms with E-state index in [1.54, 1.807) is 6.07 Å². The van der Waals surface area contributed by atoms with Crippen molar-refractivity contribution in [1.29, 1.82) is 0 Å². The summed E-state index contributed by atoms with van der Waals surface area (Å²) in [5.74, 6) is -0.113. The summed E-state index contributed by atoms with van der Waals surface area (Å²) >= 11 is 0. The van der Waals surface area contributed by atoms with Gasteiger partial charge in [0.15, 0.2) is 0 Å². The van der Waals surface area contributed by atoms with Gasteiger partial charge in [0, 0.05) is 0 Å². The van der Waals surface area contributed by atoms with Gasteiger partial charge in [0.05, 0.1) is 0 Å². The number of benzene rings is 2. The zero-order chi connectivity index (χ0) is 22.5. The van der Waals surface area contributed by atoms with Crippen LogP contribution in [0, 0.1) is 0 Å². The summed E-state index contributed by atoms with van der Waals surface area (Å²) < 4.78 is 38.0. The number of hydrogen-bond acceptors (Lipinski definition) is 4. The summed E-state index contributed by atoms with van der Waals surface area (Å²) in [6.45, 7) is 2.25. The first kappa shape index (κ1) is 29.0. The molecule has 2 rings (SSSR count). The van der Waals surface area contributed by atoms with Crippen LogP contribution < -0.4 is 39.4 Å². The third-order valence-electron chi connectivity index (χ3n) is 5.39. The Morgan fingerprint density at radius 2 is 1.44 bits per heavy atom. The summed E-state index contributed by atoms with van der Waals surface area (Å²) in [6.07, 6.45) is 15.2. The van der Waals surface area contributed by atoms with Crippen molar-refractivity contribution >= 4 is 10.1 Å². The maximum absolute atomic E-state index is 11.6. The number of aryl methyl sites for hydroxylation is 1. The van der Waals surface area contributed by atoms with Crippen molar-refractivity contribution in [1.82, 2.24) is 0 Å². The molecule has 32 heavy (non-hydrogen) atoms. The summed E-state index contributed by atoms with van der Waals surface area (Å²) in [5.41, 5.74) is 1.10. The minimum absolute atomic E-state index is 0. The van der Waals surface area contributed by atoms with Gasteiger partial charge in [0.2, 0.25) is 0 Å². The van der Waals surface area contributed by atoms with Gasteiger partial charge >= 0.3 is 29.6 Å². The molecule has 0 unspecified atom stereocenters. The van der Waals surface area contributed by atoms with Crippen molar-refractivity contribution in [3.63, 3.8) is 0 Å². The molecule has 0 atom stereocenters. The maximum atomic E-state index is 11.6. The first-order valence-corrected chi connectivity index (χ1v) is 12.9. The zero-order valence-electron chi connectivity index (χ0n) is 19.5. The summed E-state index contributed by atoms with van der Waals surface area (Å²) in [6, 6.07) is 10.6. The second-order valence-corrected chi connectivity index (χ2v) is 9.51. The van der Waals surface area contributed by atoms with Gasteiger partial charge in [-0.1, -0.05) is 89.3 Å². The standard InChI is InChI=1S/C25H36O5S.Na/c1-2-3-4-5-6-7-8-9-10-11-12-14-21-15-13-16-23(19-21)30-24-20-22(26)17-18-25(24)31(27,28)29;/h13,15-20,26H,2-12,14H2,1H3,(H,27,28,29);/q;+1/p-1. The number of ether oxygens (including phenoxy) is 1. The maximum Gasteiger partial charge on any atom is 1.00 e. The first-order valence-electron chi connectivity index (χ1n) is 11.5. The molecule has 0 aliphatic carbocycles. The van der Waals surface area contributed by atoms with Crippen LogP contribution in [0.15, 0.2) is 47.4 Å². The van der Waals surface area contributed by atoms with E-state index in [9.17, 15) is 18.1 Å². The molecule has 0 aliphatic heterocycles. The summed E-state index contributed by atoms with van der Waals surface area (Å²) in [4.78, 5) is -0.414. The van der Waals surface area contributed by atoms with Crippen molar-refractivity contribution in [3.05, 3.63) is 48.0 Å². The average Bonchev–Trinajstić information content (AvgIpc) is 2.71. The largest absolute Gasteiger partial charge is 1.00 e. The van der Waals surface area contributed by atoms with Gasteiger partial charge in [-0.15, -0.1) is 5.75 Å². The summed E-state index contributed by atoms with van der Waals surface area (Å²) in [7, 11) is -4.48. The zero-order valence-corrected chi connectivity index (χ0v) is 22.3. The van der Waals surface area contributed by atoms with Crippen LogP contribution in [-0.2, 0) is 16.5 Å². The molecule has 0 aromatic heterocycles. The second kappa shape index (κ2) is 15.7. The minimum Gasteiger partial charge on any atom is -0.872 e. The molecule has 0 fully saturated rings. The van der Waals surface area contributed by atoms with Gasteiger partial charge in [-0.2, -0.15) is 8.42 Å². The molecule has 0 bridgehead atoms. The van der Waals surface area contributed by atoms with Gasteiger partial charge < -0.3 is 9.84 Å². The Bertz CT molecular complexity index is 899. The summed E-state index contributed by atoms with van der Waals surface area (Å²) in [5, 5.41) is 11.6. The Morgan fingerprint density at radius 1 is 0.844 bits per heavy atom. The van der Waals surface area contributed by atoms with Crippen molar-refractivity contribution in [3.8, 4) is 17.2 Å². The van der Waals surface area contributed by atoms with Crippen molar-refractivity contribution in [2.75, 3.05) is 0 Å². The van der Waals surface area contributed by atoms with Crippen LogP contribution >= 0.6 is 0 Å². The van der Waals surface area contributed by atoms with Crippen LogP contribution in [0.1, 0.15) is 83.1 Å². The van der Waals surface area contributed by atoms with E-state index >= 15 is 0 Å². The van der Waals surface area contributed by atoms with Crippen LogP contribution in [-0.4, -0.2) is 13.0 Å². The quantitative estimate of drug-likeness (QED) is 0.244. The molecular weight excluding hydrogens is 435 g/mol. The van der Waals surface area contributed by atoms with E-state index in [2.05, 4.69) is 6.92 Å². The van der Waals surface area contributed by atoms with E-state index in [4.69, 9.17) is 4.74 Å². The number of unbranched alkanes of at least 4 members (excludes halogenated alkanes) is 10. The third kappa shape index (κ3) is 11.2. The molecule has 0 amide bonds. The van der Waals surface area contributed by atoms with E-state index in [1.165, 1.54) is 64.2 Å².